The monoisotopic (exact) mass is 657 g/mol. The van der Waals surface area contributed by atoms with Crippen molar-refractivity contribution >= 4 is 56.5 Å². The van der Waals surface area contributed by atoms with Crippen LogP contribution in [0.3, 0.4) is 0 Å². The third-order valence-electron chi connectivity index (χ3n) is 7.78. The Bertz CT molecular complexity index is 1590. The smallest absolute Gasteiger partial charge is 0.244 e. The number of anilines is 1. The molecule has 8 nitrogen and oxygen atoms in total. The standard InChI is InChI=1S/C33H37Cl2N3O5S/c1-23(39)26-12-9-15-28(20-26)38(44(2,42)43)22-32(40)37(21-25-16-17-29(34)30(35)18-25)31(19-24-10-5-3-6-11-24)33(41)36-27-13-7-4-8-14-27/h3,5-6,9-12,15-18,20,27,31H,4,7-8,13-14,19,21-22H2,1-2H3,(H,36,41). The molecule has 1 aliphatic carbocycles. The minimum absolute atomic E-state index is 0.00158. The molecule has 0 aromatic heterocycles. The predicted molar refractivity (Wildman–Crippen MR) is 175 cm³/mol. The van der Waals surface area contributed by atoms with Crippen LogP contribution in [0.5, 0.6) is 0 Å². The van der Waals surface area contributed by atoms with Crippen LogP contribution >= 0.6 is 23.2 Å². The van der Waals surface area contributed by atoms with Crippen molar-refractivity contribution in [3.8, 4) is 0 Å². The Labute approximate surface area is 269 Å². The molecule has 1 saturated carbocycles. The van der Waals surface area contributed by atoms with Crippen LogP contribution in [0.25, 0.3) is 0 Å². The highest BCUT2D eigenvalue weighted by Gasteiger charge is 2.34. The van der Waals surface area contributed by atoms with E-state index < -0.39 is 28.5 Å². The molecule has 0 heterocycles. The molecule has 3 aromatic carbocycles. The number of carbonyl (C=O) groups excluding carboxylic acids is 3. The second-order valence-electron chi connectivity index (χ2n) is 11.2. The van der Waals surface area contributed by atoms with Crippen LogP contribution in [0.4, 0.5) is 5.69 Å². The summed E-state index contributed by atoms with van der Waals surface area (Å²) in [7, 11) is -3.97. The van der Waals surface area contributed by atoms with Crippen molar-refractivity contribution in [3.63, 3.8) is 0 Å². The summed E-state index contributed by atoms with van der Waals surface area (Å²) in [6, 6.07) is 19.5. The lowest BCUT2D eigenvalue weighted by molar-refractivity contribution is -0.140. The summed E-state index contributed by atoms with van der Waals surface area (Å²) in [6.45, 7) is 0.785. The van der Waals surface area contributed by atoms with E-state index in [0.717, 1.165) is 48.2 Å². The Hall–Kier alpha value is -3.40. The number of amides is 2. The lowest BCUT2D eigenvalue weighted by atomic mass is 9.94. The van der Waals surface area contributed by atoms with E-state index >= 15 is 0 Å². The maximum Gasteiger partial charge on any atom is 0.244 e. The van der Waals surface area contributed by atoms with Gasteiger partial charge in [0.2, 0.25) is 21.8 Å². The number of carbonyl (C=O) groups is 3. The van der Waals surface area contributed by atoms with Crippen molar-refractivity contribution in [2.24, 2.45) is 0 Å². The molecule has 3 aromatic rings. The minimum Gasteiger partial charge on any atom is -0.352 e. The summed E-state index contributed by atoms with van der Waals surface area (Å²) < 4.78 is 27.0. The van der Waals surface area contributed by atoms with E-state index in [1.54, 1.807) is 30.3 Å². The molecule has 0 spiro atoms. The summed E-state index contributed by atoms with van der Waals surface area (Å²) in [5, 5.41) is 3.81. The van der Waals surface area contributed by atoms with Crippen LogP contribution in [0.1, 0.15) is 60.5 Å². The van der Waals surface area contributed by atoms with Gasteiger partial charge in [-0.25, -0.2) is 8.42 Å². The largest absolute Gasteiger partial charge is 0.352 e. The van der Waals surface area contributed by atoms with Crippen LogP contribution in [-0.4, -0.2) is 55.8 Å². The molecule has 0 saturated heterocycles. The number of ketones is 1. The average molecular weight is 659 g/mol. The number of Topliss-reactive ketones (excluding diaryl/α,β-unsaturated/α-hetero) is 1. The number of sulfonamides is 1. The fraction of sp³-hybridized carbons (Fsp3) is 0.364. The molecule has 0 aliphatic heterocycles. The molecule has 0 bridgehead atoms. The molecule has 44 heavy (non-hydrogen) atoms. The van der Waals surface area contributed by atoms with E-state index in [-0.39, 0.29) is 36.4 Å². The van der Waals surface area contributed by atoms with Gasteiger partial charge >= 0.3 is 0 Å². The molecular formula is C33H37Cl2N3O5S. The highest BCUT2D eigenvalue weighted by atomic mass is 35.5. The summed E-state index contributed by atoms with van der Waals surface area (Å²) in [5.41, 5.74) is 1.96. The second kappa shape index (κ2) is 15.1. The van der Waals surface area contributed by atoms with E-state index in [2.05, 4.69) is 5.32 Å². The first kappa shape index (κ1) is 33.5. The number of hydrogen-bond acceptors (Lipinski definition) is 5. The van der Waals surface area contributed by atoms with Gasteiger partial charge in [0.15, 0.2) is 5.78 Å². The van der Waals surface area contributed by atoms with E-state index in [4.69, 9.17) is 23.2 Å². The first-order valence-corrected chi connectivity index (χ1v) is 17.2. The molecule has 1 aliphatic rings. The molecule has 1 N–H and O–H groups in total. The molecule has 234 valence electrons. The zero-order valence-corrected chi connectivity index (χ0v) is 27.2. The lowest BCUT2D eigenvalue weighted by Crippen LogP contribution is -2.55. The van der Waals surface area contributed by atoms with Gasteiger partial charge in [-0.05, 0) is 55.2 Å². The molecule has 1 unspecified atom stereocenters. The van der Waals surface area contributed by atoms with Crippen molar-refractivity contribution < 1.29 is 22.8 Å². The zero-order chi connectivity index (χ0) is 31.9. The van der Waals surface area contributed by atoms with Gasteiger partial charge in [0.05, 0.1) is 22.0 Å². The molecule has 11 heteroatoms. The number of hydrogen-bond donors (Lipinski definition) is 1. The zero-order valence-electron chi connectivity index (χ0n) is 24.8. The summed E-state index contributed by atoms with van der Waals surface area (Å²) in [5.74, 6) is -1.14. The fourth-order valence-corrected chi connectivity index (χ4v) is 6.59. The topological polar surface area (TPSA) is 104 Å². The molecule has 1 atom stereocenters. The number of nitrogens with one attached hydrogen (secondary N) is 1. The first-order chi connectivity index (χ1) is 20.9. The maximum atomic E-state index is 14.3. The Morgan fingerprint density at radius 2 is 1.59 bits per heavy atom. The fourth-order valence-electron chi connectivity index (χ4n) is 5.43. The van der Waals surface area contributed by atoms with Crippen molar-refractivity contribution in [1.82, 2.24) is 10.2 Å². The Balaban J connectivity index is 1.75. The number of nitrogens with zero attached hydrogens (tertiary/aromatic N) is 2. The van der Waals surface area contributed by atoms with Crippen LogP contribution in [-0.2, 0) is 32.6 Å². The Kier molecular flexibility index (Phi) is 11.5. The van der Waals surface area contributed by atoms with Gasteiger partial charge in [0.1, 0.15) is 12.6 Å². The van der Waals surface area contributed by atoms with Crippen molar-refractivity contribution in [3.05, 3.63) is 99.5 Å². The van der Waals surface area contributed by atoms with E-state index in [9.17, 15) is 22.8 Å². The minimum atomic E-state index is -3.97. The first-order valence-electron chi connectivity index (χ1n) is 14.6. The second-order valence-corrected chi connectivity index (χ2v) is 13.9. The Morgan fingerprint density at radius 3 is 2.23 bits per heavy atom. The van der Waals surface area contributed by atoms with Gasteiger partial charge < -0.3 is 10.2 Å². The molecule has 1 fully saturated rings. The molecule has 2 amide bonds. The van der Waals surface area contributed by atoms with Crippen molar-refractivity contribution in [2.75, 3.05) is 17.1 Å². The highest BCUT2D eigenvalue weighted by molar-refractivity contribution is 7.92. The maximum absolute atomic E-state index is 14.3. The van der Waals surface area contributed by atoms with Crippen LogP contribution in [0.2, 0.25) is 10.0 Å². The summed E-state index contributed by atoms with van der Waals surface area (Å²) in [4.78, 5) is 41.8. The lowest BCUT2D eigenvalue weighted by Gasteiger charge is -2.35. The molecular weight excluding hydrogens is 621 g/mol. The van der Waals surface area contributed by atoms with Crippen LogP contribution in [0.15, 0.2) is 72.8 Å². The van der Waals surface area contributed by atoms with Gasteiger partial charge in [0, 0.05) is 24.6 Å². The quantitative estimate of drug-likeness (QED) is 0.239. The Morgan fingerprint density at radius 1 is 0.886 bits per heavy atom. The van der Waals surface area contributed by atoms with E-state index in [0.29, 0.717) is 21.2 Å². The number of benzene rings is 3. The molecule has 0 radical (unpaired) electrons. The normalized spacial score (nSPS) is 14.5. The van der Waals surface area contributed by atoms with Crippen molar-refractivity contribution in [2.45, 2.75) is 64.1 Å². The van der Waals surface area contributed by atoms with Gasteiger partial charge in [-0.2, -0.15) is 0 Å². The third-order valence-corrected chi connectivity index (χ3v) is 9.66. The number of halogens is 2. The molecule has 4 rings (SSSR count). The third kappa shape index (κ3) is 9.06. The van der Waals surface area contributed by atoms with Gasteiger partial charge in [-0.3, -0.25) is 18.7 Å². The van der Waals surface area contributed by atoms with Crippen LogP contribution < -0.4 is 9.62 Å². The van der Waals surface area contributed by atoms with Gasteiger partial charge in [0.25, 0.3) is 0 Å². The highest BCUT2D eigenvalue weighted by Crippen LogP contribution is 2.26. The van der Waals surface area contributed by atoms with E-state index in [1.165, 1.54) is 24.0 Å². The summed E-state index contributed by atoms with van der Waals surface area (Å²) >= 11 is 12.5. The van der Waals surface area contributed by atoms with Crippen molar-refractivity contribution in [1.29, 1.82) is 0 Å². The van der Waals surface area contributed by atoms with Gasteiger partial charge in [-0.1, -0.05) is 91.0 Å². The predicted octanol–water partition coefficient (Wildman–Crippen LogP) is 6.05. The average Bonchev–Trinajstić information content (AvgIpc) is 2.99. The van der Waals surface area contributed by atoms with Gasteiger partial charge in [-0.15, -0.1) is 0 Å². The summed E-state index contributed by atoms with van der Waals surface area (Å²) in [6.07, 6.45) is 6.09. The van der Waals surface area contributed by atoms with Crippen LogP contribution in [0, 0.1) is 0 Å². The number of rotatable bonds is 12. The van der Waals surface area contributed by atoms with E-state index in [1.807, 2.05) is 30.3 Å². The SMILES string of the molecule is CC(=O)c1cccc(N(CC(=O)N(Cc2ccc(Cl)c(Cl)c2)C(Cc2ccccc2)C(=O)NC2CCCCC2)S(C)(=O)=O)c1.